The van der Waals surface area contributed by atoms with Crippen molar-refractivity contribution in [2.24, 2.45) is 11.3 Å². The molecule has 7 nitrogen and oxygen atoms in total. The third-order valence-corrected chi connectivity index (χ3v) is 7.63. The first kappa shape index (κ1) is 19.9. The van der Waals surface area contributed by atoms with Gasteiger partial charge in [-0.2, -0.15) is 13.2 Å². The lowest BCUT2D eigenvalue weighted by Gasteiger charge is -2.55. The predicted molar refractivity (Wildman–Crippen MR) is 94.1 cm³/mol. The first-order valence-corrected chi connectivity index (χ1v) is 9.49. The highest BCUT2D eigenvalue weighted by molar-refractivity contribution is 5.40. The van der Waals surface area contributed by atoms with Gasteiger partial charge < -0.3 is 5.21 Å². The Hall–Kier alpha value is -2.39. The lowest BCUT2D eigenvalue weighted by Crippen LogP contribution is -2.65. The van der Waals surface area contributed by atoms with E-state index < -0.39 is 33.9 Å². The molecule has 0 radical (unpaired) electrons. The van der Waals surface area contributed by atoms with E-state index in [2.05, 4.69) is 9.79 Å². The van der Waals surface area contributed by atoms with Crippen molar-refractivity contribution in [3.8, 4) is 0 Å². The summed E-state index contributed by atoms with van der Waals surface area (Å²) in [7, 11) is 0. The highest BCUT2D eigenvalue weighted by atomic mass is 19.4. The molecular formula is C19H22F3N3O4. The molecule has 0 unspecified atom stereocenters. The molecule has 4 atom stereocenters. The monoisotopic (exact) mass is 413 g/mol. The van der Waals surface area contributed by atoms with Crippen LogP contribution in [0.4, 0.5) is 13.2 Å². The van der Waals surface area contributed by atoms with Crippen molar-refractivity contribution >= 4 is 0 Å². The van der Waals surface area contributed by atoms with E-state index in [1.54, 1.807) is 27.7 Å². The minimum atomic E-state index is -4.75. The number of alkyl halides is 3. The topological polar surface area (TPSA) is 96.1 Å². The van der Waals surface area contributed by atoms with Crippen LogP contribution in [0.15, 0.2) is 26.9 Å². The van der Waals surface area contributed by atoms with Crippen molar-refractivity contribution in [1.29, 1.82) is 0 Å². The van der Waals surface area contributed by atoms with Crippen LogP contribution in [-0.2, 0) is 5.54 Å². The summed E-state index contributed by atoms with van der Waals surface area (Å²) in [5, 5.41) is 28.5. The van der Waals surface area contributed by atoms with Crippen LogP contribution in [0.1, 0.15) is 70.7 Å². The van der Waals surface area contributed by atoms with Crippen LogP contribution in [0.2, 0.25) is 0 Å². The molecule has 4 rings (SSSR count). The van der Waals surface area contributed by atoms with Crippen molar-refractivity contribution in [3.63, 3.8) is 0 Å². The van der Waals surface area contributed by atoms with Gasteiger partial charge in [0.05, 0.1) is 11.3 Å². The summed E-state index contributed by atoms with van der Waals surface area (Å²) < 4.78 is 49.4. The number of hydrogen-bond donors (Lipinski definition) is 0. The fourth-order valence-electron chi connectivity index (χ4n) is 5.89. The van der Waals surface area contributed by atoms with E-state index in [-0.39, 0.29) is 42.0 Å². The highest BCUT2D eigenvalue weighted by Gasteiger charge is 2.79. The molecule has 1 aromatic heterocycles. The molecular weight excluding hydrogens is 391 g/mol. The third-order valence-electron chi connectivity index (χ3n) is 7.63. The summed E-state index contributed by atoms with van der Waals surface area (Å²) in [4.78, 5) is 11.7. The second kappa shape index (κ2) is 5.82. The maximum Gasteiger partial charge on any atom is 0.396 e. The molecule has 0 aliphatic heterocycles. The molecule has 29 heavy (non-hydrogen) atoms. The molecule has 3 aliphatic carbocycles. The Morgan fingerprint density at radius 2 is 1.69 bits per heavy atom. The molecule has 0 N–H and O–H groups in total. The minimum absolute atomic E-state index is 0.00612. The van der Waals surface area contributed by atoms with E-state index in [1.165, 1.54) is 0 Å². The Morgan fingerprint density at radius 1 is 1.10 bits per heavy atom. The predicted octanol–water partition coefficient (Wildman–Crippen LogP) is 4.30. The minimum Gasteiger partial charge on any atom is -0.359 e. The Balaban J connectivity index is 2.15. The Kier molecular flexibility index (Phi) is 4.00. The number of nitrogens with zero attached hydrogens (tertiary/aromatic N) is 3. The first-order chi connectivity index (χ1) is 13.4. The van der Waals surface area contributed by atoms with E-state index in [1.807, 2.05) is 0 Å². The van der Waals surface area contributed by atoms with Crippen LogP contribution in [0, 0.1) is 26.7 Å². The summed E-state index contributed by atoms with van der Waals surface area (Å²) in [6.45, 7) is 6.78. The van der Waals surface area contributed by atoms with Crippen molar-refractivity contribution in [2.45, 2.75) is 71.0 Å². The van der Waals surface area contributed by atoms with E-state index in [9.17, 15) is 28.5 Å². The summed E-state index contributed by atoms with van der Waals surface area (Å²) in [5.74, 6) is -2.64. The number of rotatable bonds is 1. The molecule has 0 bridgehead atoms. The molecule has 3 aliphatic rings. The van der Waals surface area contributed by atoms with E-state index in [0.29, 0.717) is 11.1 Å². The highest BCUT2D eigenvalue weighted by Crippen LogP contribution is 2.70. The molecule has 158 valence electrons. The van der Waals surface area contributed by atoms with Crippen molar-refractivity contribution in [2.75, 3.05) is 0 Å². The van der Waals surface area contributed by atoms with Crippen molar-refractivity contribution in [3.05, 3.63) is 49.0 Å². The fraction of sp³-hybridized carbons (Fsp3) is 0.684. The van der Waals surface area contributed by atoms with Gasteiger partial charge in [0.1, 0.15) is 0 Å². The van der Waals surface area contributed by atoms with Gasteiger partial charge in [0, 0.05) is 22.4 Å². The summed E-state index contributed by atoms with van der Waals surface area (Å²) in [5.41, 5.74) is -2.46. The SMILES string of the molecule is CC1=C(C)C[C@]2(C(F)(F)F)[C@H](C1)c1c(no[n+]1[O-])[C@@]1([N+](=O)[O-])CC(C)=C(C)C[C@@H]21. The van der Waals surface area contributed by atoms with Gasteiger partial charge in [-0.05, 0) is 51.9 Å². The Bertz CT molecular complexity index is 980. The molecule has 0 spiro atoms. The number of allylic oxidation sites excluding steroid dienone is 3. The molecule has 1 aromatic rings. The standard InChI is InChI=1S/C19H22F3N3O4/c1-9-5-13-15-16(23-29-24(15)26)18(25(27)28)8-12(4)10(2)6-14(18)17(13,7-11(9)3)19(20,21)22/h13-14H,5-8H2,1-4H3/t13-,14+,17+,18-/m1/s1. The van der Waals surface area contributed by atoms with Crippen LogP contribution in [0.3, 0.4) is 0 Å². The van der Waals surface area contributed by atoms with Gasteiger partial charge in [-0.1, -0.05) is 22.3 Å². The van der Waals surface area contributed by atoms with Gasteiger partial charge in [0.25, 0.3) is 11.2 Å². The number of hydrogen-bond acceptors (Lipinski definition) is 5. The largest absolute Gasteiger partial charge is 0.396 e. The molecule has 10 heteroatoms. The molecule has 1 heterocycles. The molecule has 0 saturated heterocycles. The lowest BCUT2D eigenvalue weighted by molar-refractivity contribution is -0.810. The average Bonchev–Trinajstić information content (AvgIpc) is 2.99. The first-order valence-electron chi connectivity index (χ1n) is 9.49. The zero-order valence-corrected chi connectivity index (χ0v) is 16.6. The van der Waals surface area contributed by atoms with Crippen LogP contribution in [0.25, 0.3) is 0 Å². The van der Waals surface area contributed by atoms with E-state index >= 15 is 0 Å². The second-order valence-electron chi connectivity index (χ2n) is 8.87. The van der Waals surface area contributed by atoms with Crippen molar-refractivity contribution in [1.82, 2.24) is 5.16 Å². The number of fused-ring (bicyclic) bond motifs is 6. The van der Waals surface area contributed by atoms with Crippen molar-refractivity contribution < 1.29 is 27.6 Å². The Labute approximate surface area is 164 Å². The molecule has 0 amide bonds. The van der Waals surface area contributed by atoms with Gasteiger partial charge in [-0.25, -0.2) is 0 Å². The number of nitro groups is 1. The Morgan fingerprint density at radius 3 is 2.28 bits per heavy atom. The van der Waals surface area contributed by atoms with E-state index in [0.717, 1.165) is 11.1 Å². The van der Waals surface area contributed by atoms with E-state index in [4.69, 9.17) is 0 Å². The summed E-state index contributed by atoms with van der Waals surface area (Å²) >= 11 is 0. The van der Waals surface area contributed by atoms with Gasteiger partial charge in [-0.3, -0.25) is 14.7 Å². The maximum absolute atomic E-state index is 14.9. The third kappa shape index (κ3) is 2.25. The summed E-state index contributed by atoms with van der Waals surface area (Å²) in [6.07, 6.45) is -5.42. The van der Waals surface area contributed by atoms with Gasteiger partial charge in [0.15, 0.2) is 0 Å². The average molecular weight is 413 g/mol. The van der Waals surface area contributed by atoms with Crippen LogP contribution in [-0.4, -0.2) is 16.3 Å². The normalized spacial score (nSPS) is 34.6. The summed E-state index contributed by atoms with van der Waals surface area (Å²) in [6, 6.07) is 0. The zero-order chi connectivity index (χ0) is 21.5. The van der Waals surface area contributed by atoms with Gasteiger partial charge in [-0.15, -0.1) is 0 Å². The zero-order valence-electron chi connectivity index (χ0n) is 16.6. The quantitative estimate of drug-likeness (QED) is 0.296. The fourth-order valence-corrected chi connectivity index (χ4v) is 5.89. The molecule has 0 fully saturated rings. The molecule has 0 aromatic carbocycles. The second-order valence-corrected chi connectivity index (χ2v) is 8.87. The molecule has 0 saturated carbocycles. The van der Waals surface area contributed by atoms with Gasteiger partial charge in [0.2, 0.25) is 5.69 Å². The van der Waals surface area contributed by atoms with Crippen LogP contribution in [0.5, 0.6) is 0 Å². The smallest absolute Gasteiger partial charge is 0.359 e. The lowest BCUT2D eigenvalue weighted by atomic mass is 9.46. The van der Waals surface area contributed by atoms with Crippen LogP contribution < -0.4 is 4.90 Å². The maximum atomic E-state index is 14.9. The number of halogens is 3. The van der Waals surface area contributed by atoms with Crippen LogP contribution >= 0.6 is 0 Å². The number of aromatic nitrogens is 2. The van der Waals surface area contributed by atoms with Gasteiger partial charge >= 0.3 is 6.18 Å².